The fraction of sp³-hybridized carbons (Fsp3) is 0.846. The molecule has 0 rings (SSSR count). The monoisotopic (exact) mass is 198 g/mol. The molecule has 0 spiro atoms. The number of unbranched alkanes of at least 4 members (excludes halogenated alkanes) is 4. The van der Waals surface area contributed by atoms with Gasteiger partial charge >= 0.3 is 0 Å². The van der Waals surface area contributed by atoms with Crippen molar-refractivity contribution in [2.75, 3.05) is 6.61 Å². The van der Waals surface area contributed by atoms with Crippen LogP contribution in [0.3, 0.4) is 0 Å². The molecule has 1 unspecified atom stereocenters. The molecule has 84 valence electrons. The molecule has 0 aromatic heterocycles. The van der Waals surface area contributed by atoms with Gasteiger partial charge in [-0.25, -0.2) is 0 Å². The van der Waals surface area contributed by atoms with E-state index in [1.807, 2.05) is 0 Å². The number of hydrogen-bond acceptors (Lipinski definition) is 1. The minimum atomic E-state index is 0.340. The maximum absolute atomic E-state index is 8.82. The standard InChI is InChI=1S/C13H26O/c1-3-4-5-6-7-8-9-10-11-13(2)12-14/h6-7,13-14H,3-5,8-12H2,1-2H3. The summed E-state index contributed by atoms with van der Waals surface area (Å²) < 4.78 is 0. The van der Waals surface area contributed by atoms with Gasteiger partial charge < -0.3 is 5.11 Å². The zero-order valence-electron chi connectivity index (χ0n) is 9.84. The first-order chi connectivity index (χ1) is 6.81. The number of rotatable bonds is 9. The van der Waals surface area contributed by atoms with Gasteiger partial charge in [-0.05, 0) is 31.6 Å². The highest BCUT2D eigenvalue weighted by atomic mass is 16.3. The van der Waals surface area contributed by atoms with E-state index in [9.17, 15) is 0 Å². The van der Waals surface area contributed by atoms with Crippen LogP contribution >= 0.6 is 0 Å². The molecule has 0 aliphatic heterocycles. The molecule has 14 heavy (non-hydrogen) atoms. The van der Waals surface area contributed by atoms with E-state index in [1.54, 1.807) is 0 Å². The third-order valence-corrected chi connectivity index (χ3v) is 2.52. The molecule has 0 aliphatic carbocycles. The van der Waals surface area contributed by atoms with Crippen molar-refractivity contribution >= 4 is 0 Å². The first-order valence-corrected chi connectivity index (χ1v) is 6.07. The summed E-state index contributed by atoms with van der Waals surface area (Å²) >= 11 is 0. The molecular weight excluding hydrogens is 172 g/mol. The Hall–Kier alpha value is -0.300. The summed E-state index contributed by atoms with van der Waals surface area (Å²) in [5, 5.41) is 8.82. The summed E-state index contributed by atoms with van der Waals surface area (Å²) in [5.41, 5.74) is 0. The highest BCUT2D eigenvalue weighted by molar-refractivity contribution is 4.81. The van der Waals surface area contributed by atoms with Gasteiger partial charge in [0, 0.05) is 6.61 Å². The highest BCUT2D eigenvalue weighted by Crippen LogP contribution is 2.09. The third kappa shape index (κ3) is 9.79. The van der Waals surface area contributed by atoms with E-state index >= 15 is 0 Å². The lowest BCUT2D eigenvalue weighted by molar-refractivity contribution is 0.227. The quantitative estimate of drug-likeness (QED) is 0.440. The summed E-state index contributed by atoms with van der Waals surface area (Å²) in [7, 11) is 0. The Morgan fingerprint density at radius 3 is 2.29 bits per heavy atom. The van der Waals surface area contributed by atoms with Crippen molar-refractivity contribution in [3.05, 3.63) is 12.2 Å². The Labute approximate surface area is 89.2 Å². The fourth-order valence-corrected chi connectivity index (χ4v) is 1.40. The van der Waals surface area contributed by atoms with Gasteiger partial charge in [-0.15, -0.1) is 0 Å². The summed E-state index contributed by atoms with van der Waals surface area (Å²) in [5.74, 6) is 0.485. The van der Waals surface area contributed by atoms with Gasteiger partial charge in [-0.1, -0.05) is 45.3 Å². The molecule has 0 aromatic rings. The van der Waals surface area contributed by atoms with Crippen LogP contribution in [-0.4, -0.2) is 11.7 Å². The van der Waals surface area contributed by atoms with Gasteiger partial charge in [0.1, 0.15) is 0 Å². The van der Waals surface area contributed by atoms with Crippen molar-refractivity contribution in [2.45, 2.75) is 58.8 Å². The molecule has 0 aromatic carbocycles. The molecule has 1 heteroatoms. The van der Waals surface area contributed by atoms with Crippen molar-refractivity contribution in [1.82, 2.24) is 0 Å². The number of hydrogen-bond donors (Lipinski definition) is 1. The van der Waals surface area contributed by atoms with Crippen LogP contribution in [0, 0.1) is 5.92 Å². The van der Waals surface area contributed by atoms with E-state index < -0.39 is 0 Å². The van der Waals surface area contributed by atoms with Crippen molar-refractivity contribution in [3.8, 4) is 0 Å². The summed E-state index contributed by atoms with van der Waals surface area (Å²) in [4.78, 5) is 0. The minimum absolute atomic E-state index is 0.340. The van der Waals surface area contributed by atoms with Crippen LogP contribution in [-0.2, 0) is 0 Å². The van der Waals surface area contributed by atoms with Crippen LogP contribution in [0.5, 0.6) is 0 Å². The first-order valence-electron chi connectivity index (χ1n) is 6.07. The number of allylic oxidation sites excluding steroid dienone is 2. The largest absolute Gasteiger partial charge is 0.396 e. The van der Waals surface area contributed by atoms with Crippen LogP contribution in [0.25, 0.3) is 0 Å². The Bertz CT molecular complexity index is 129. The molecule has 0 amide bonds. The lowest BCUT2D eigenvalue weighted by atomic mass is 10.0. The molecule has 1 N–H and O–H groups in total. The van der Waals surface area contributed by atoms with E-state index in [0.29, 0.717) is 12.5 Å². The maximum Gasteiger partial charge on any atom is 0.0456 e. The predicted molar refractivity (Wildman–Crippen MR) is 63.4 cm³/mol. The molecule has 0 saturated carbocycles. The average molecular weight is 198 g/mol. The number of aliphatic hydroxyl groups excluding tert-OH is 1. The van der Waals surface area contributed by atoms with Crippen LogP contribution < -0.4 is 0 Å². The zero-order chi connectivity index (χ0) is 10.6. The smallest absolute Gasteiger partial charge is 0.0456 e. The average Bonchev–Trinajstić information content (AvgIpc) is 2.21. The second-order valence-electron chi connectivity index (χ2n) is 4.19. The highest BCUT2D eigenvalue weighted by Gasteiger charge is 1.97. The lowest BCUT2D eigenvalue weighted by Crippen LogP contribution is -1.99. The molecule has 0 aliphatic rings. The van der Waals surface area contributed by atoms with E-state index in [-0.39, 0.29) is 0 Å². The molecular formula is C13H26O. The molecule has 0 radical (unpaired) electrons. The van der Waals surface area contributed by atoms with Crippen molar-refractivity contribution in [2.24, 2.45) is 5.92 Å². The summed E-state index contributed by atoms with van der Waals surface area (Å²) in [6.07, 6.45) is 13.4. The van der Waals surface area contributed by atoms with E-state index in [2.05, 4.69) is 26.0 Å². The van der Waals surface area contributed by atoms with Crippen LogP contribution in [0.2, 0.25) is 0 Å². The van der Waals surface area contributed by atoms with Gasteiger partial charge in [0.05, 0.1) is 0 Å². The summed E-state index contributed by atoms with van der Waals surface area (Å²) in [6, 6.07) is 0. The van der Waals surface area contributed by atoms with Crippen LogP contribution in [0.4, 0.5) is 0 Å². The van der Waals surface area contributed by atoms with Crippen molar-refractivity contribution < 1.29 is 5.11 Å². The predicted octanol–water partition coefficient (Wildman–Crippen LogP) is 3.92. The molecule has 1 nitrogen and oxygen atoms in total. The van der Waals surface area contributed by atoms with E-state index in [4.69, 9.17) is 5.11 Å². The van der Waals surface area contributed by atoms with E-state index in [1.165, 1.54) is 44.9 Å². The van der Waals surface area contributed by atoms with E-state index in [0.717, 1.165) is 0 Å². The van der Waals surface area contributed by atoms with Crippen LogP contribution in [0.1, 0.15) is 58.8 Å². The second-order valence-corrected chi connectivity index (χ2v) is 4.19. The maximum atomic E-state index is 8.82. The number of aliphatic hydroxyl groups is 1. The normalized spacial score (nSPS) is 13.6. The Balaban J connectivity index is 3.08. The minimum Gasteiger partial charge on any atom is -0.396 e. The molecule has 1 atom stereocenters. The molecule has 0 saturated heterocycles. The van der Waals surface area contributed by atoms with Crippen molar-refractivity contribution in [1.29, 1.82) is 0 Å². The fourth-order valence-electron chi connectivity index (χ4n) is 1.40. The van der Waals surface area contributed by atoms with Gasteiger partial charge in [0.25, 0.3) is 0 Å². The van der Waals surface area contributed by atoms with Gasteiger partial charge in [0.15, 0.2) is 0 Å². The zero-order valence-corrected chi connectivity index (χ0v) is 9.84. The van der Waals surface area contributed by atoms with Crippen LogP contribution in [0.15, 0.2) is 12.2 Å². The van der Waals surface area contributed by atoms with Crippen molar-refractivity contribution in [3.63, 3.8) is 0 Å². The Morgan fingerprint density at radius 2 is 1.71 bits per heavy atom. The van der Waals surface area contributed by atoms with Gasteiger partial charge in [-0.3, -0.25) is 0 Å². The van der Waals surface area contributed by atoms with Gasteiger partial charge in [0.2, 0.25) is 0 Å². The lowest BCUT2D eigenvalue weighted by Gasteiger charge is -2.05. The Morgan fingerprint density at radius 1 is 1.07 bits per heavy atom. The first kappa shape index (κ1) is 13.7. The van der Waals surface area contributed by atoms with Gasteiger partial charge in [-0.2, -0.15) is 0 Å². The third-order valence-electron chi connectivity index (χ3n) is 2.52. The molecule has 0 fully saturated rings. The molecule has 0 bridgehead atoms. The Kier molecular flexibility index (Phi) is 10.5. The molecule has 0 heterocycles. The summed E-state index contributed by atoms with van der Waals surface area (Å²) in [6.45, 7) is 4.67. The SMILES string of the molecule is CCCCC=CCCCCC(C)CO. The topological polar surface area (TPSA) is 20.2 Å². The second kappa shape index (κ2) is 10.8.